The third-order valence-electron chi connectivity index (χ3n) is 3.22. The summed E-state index contributed by atoms with van der Waals surface area (Å²) in [5, 5.41) is 0. The highest BCUT2D eigenvalue weighted by molar-refractivity contribution is 5.14. The van der Waals surface area contributed by atoms with Gasteiger partial charge in [0.1, 0.15) is 0 Å². The van der Waals surface area contributed by atoms with E-state index in [1.807, 2.05) is 0 Å². The average Bonchev–Trinajstić information content (AvgIpc) is 2.31. The number of hydrogen-bond acceptors (Lipinski definition) is 2. The van der Waals surface area contributed by atoms with Crippen LogP contribution in [0.1, 0.15) is 32.8 Å². The second-order valence-electron chi connectivity index (χ2n) is 5.00. The molecular weight excluding hydrogens is 208 g/mol. The SMILES string of the molecule is CCCN(Cc1ccccc1)C(CN)C(C)C. The van der Waals surface area contributed by atoms with Crippen LogP contribution in [0.5, 0.6) is 0 Å². The van der Waals surface area contributed by atoms with Crippen LogP contribution in [0.2, 0.25) is 0 Å². The number of benzene rings is 1. The van der Waals surface area contributed by atoms with Gasteiger partial charge in [-0.25, -0.2) is 0 Å². The van der Waals surface area contributed by atoms with Crippen molar-refractivity contribution >= 4 is 0 Å². The molecule has 0 saturated carbocycles. The molecular formula is C15H26N2. The lowest BCUT2D eigenvalue weighted by Crippen LogP contribution is -2.44. The Morgan fingerprint density at radius 2 is 1.82 bits per heavy atom. The minimum atomic E-state index is 0.482. The van der Waals surface area contributed by atoms with Crippen molar-refractivity contribution in [3.05, 3.63) is 35.9 Å². The first-order valence-electron chi connectivity index (χ1n) is 6.67. The molecule has 96 valence electrons. The van der Waals surface area contributed by atoms with E-state index in [0.29, 0.717) is 12.0 Å². The van der Waals surface area contributed by atoms with Crippen LogP contribution < -0.4 is 5.73 Å². The molecule has 2 heteroatoms. The first-order chi connectivity index (χ1) is 8.19. The first kappa shape index (κ1) is 14.2. The van der Waals surface area contributed by atoms with Crippen LogP contribution in [-0.4, -0.2) is 24.0 Å². The van der Waals surface area contributed by atoms with E-state index in [4.69, 9.17) is 5.73 Å². The van der Waals surface area contributed by atoms with Crippen molar-refractivity contribution in [2.45, 2.75) is 39.8 Å². The summed E-state index contributed by atoms with van der Waals surface area (Å²) in [5.74, 6) is 0.607. The fourth-order valence-corrected chi connectivity index (χ4v) is 2.31. The molecule has 1 atom stereocenters. The molecule has 0 radical (unpaired) electrons. The first-order valence-corrected chi connectivity index (χ1v) is 6.67. The van der Waals surface area contributed by atoms with Crippen LogP contribution in [0.3, 0.4) is 0 Å². The van der Waals surface area contributed by atoms with Crippen LogP contribution in [-0.2, 0) is 6.54 Å². The summed E-state index contributed by atoms with van der Waals surface area (Å²) in [6.07, 6.45) is 1.18. The van der Waals surface area contributed by atoms with Crippen molar-refractivity contribution in [1.29, 1.82) is 0 Å². The molecule has 1 unspecified atom stereocenters. The number of hydrogen-bond donors (Lipinski definition) is 1. The van der Waals surface area contributed by atoms with E-state index in [2.05, 4.69) is 56.0 Å². The predicted molar refractivity (Wildman–Crippen MR) is 74.8 cm³/mol. The second-order valence-corrected chi connectivity index (χ2v) is 5.00. The molecule has 0 aliphatic heterocycles. The maximum Gasteiger partial charge on any atom is 0.0244 e. The number of rotatable bonds is 7. The van der Waals surface area contributed by atoms with E-state index in [1.54, 1.807) is 0 Å². The lowest BCUT2D eigenvalue weighted by molar-refractivity contribution is 0.151. The lowest BCUT2D eigenvalue weighted by atomic mass is 10.0. The fourth-order valence-electron chi connectivity index (χ4n) is 2.31. The molecule has 0 heterocycles. The fraction of sp³-hybridized carbons (Fsp3) is 0.600. The summed E-state index contributed by atoms with van der Waals surface area (Å²) in [7, 11) is 0. The molecule has 1 rings (SSSR count). The van der Waals surface area contributed by atoms with Gasteiger partial charge in [0.15, 0.2) is 0 Å². The van der Waals surface area contributed by atoms with Crippen molar-refractivity contribution in [3.63, 3.8) is 0 Å². The largest absolute Gasteiger partial charge is 0.329 e. The highest BCUT2D eigenvalue weighted by atomic mass is 15.2. The van der Waals surface area contributed by atoms with Gasteiger partial charge in [-0.05, 0) is 24.4 Å². The van der Waals surface area contributed by atoms with Gasteiger partial charge in [-0.3, -0.25) is 4.90 Å². The summed E-state index contributed by atoms with van der Waals surface area (Å²) >= 11 is 0. The molecule has 17 heavy (non-hydrogen) atoms. The van der Waals surface area contributed by atoms with Crippen LogP contribution in [0.25, 0.3) is 0 Å². The van der Waals surface area contributed by atoms with Gasteiger partial charge in [-0.2, -0.15) is 0 Å². The summed E-state index contributed by atoms with van der Waals surface area (Å²) in [6, 6.07) is 11.1. The predicted octanol–water partition coefficient (Wildman–Crippen LogP) is 2.88. The molecule has 0 aliphatic rings. The van der Waals surface area contributed by atoms with Crippen molar-refractivity contribution in [2.24, 2.45) is 11.7 Å². The molecule has 0 spiro atoms. The normalized spacial score (nSPS) is 13.3. The van der Waals surface area contributed by atoms with Crippen LogP contribution in [0.15, 0.2) is 30.3 Å². The molecule has 2 N–H and O–H groups in total. The highest BCUT2D eigenvalue weighted by Crippen LogP contribution is 2.14. The van der Waals surface area contributed by atoms with Crippen molar-refractivity contribution < 1.29 is 0 Å². The van der Waals surface area contributed by atoms with E-state index in [-0.39, 0.29) is 0 Å². The Hall–Kier alpha value is -0.860. The Morgan fingerprint density at radius 1 is 1.18 bits per heavy atom. The van der Waals surface area contributed by atoms with Gasteiger partial charge in [-0.15, -0.1) is 0 Å². The summed E-state index contributed by atoms with van der Waals surface area (Å²) in [4.78, 5) is 2.51. The van der Waals surface area contributed by atoms with E-state index < -0.39 is 0 Å². The maximum absolute atomic E-state index is 5.92. The summed E-state index contributed by atoms with van der Waals surface area (Å²) in [5.41, 5.74) is 7.29. The Balaban J connectivity index is 2.71. The molecule has 2 nitrogen and oxygen atoms in total. The zero-order valence-electron chi connectivity index (χ0n) is 11.4. The van der Waals surface area contributed by atoms with E-state index in [9.17, 15) is 0 Å². The van der Waals surface area contributed by atoms with Crippen molar-refractivity contribution in [2.75, 3.05) is 13.1 Å². The van der Waals surface area contributed by atoms with Crippen LogP contribution >= 0.6 is 0 Å². The van der Waals surface area contributed by atoms with E-state index in [0.717, 1.165) is 19.6 Å². The molecule has 1 aromatic rings. The van der Waals surface area contributed by atoms with Gasteiger partial charge in [0.05, 0.1) is 0 Å². The molecule has 0 fully saturated rings. The minimum Gasteiger partial charge on any atom is -0.329 e. The van der Waals surface area contributed by atoms with Gasteiger partial charge in [-0.1, -0.05) is 51.1 Å². The van der Waals surface area contributed by atoms with Gasteiger partial charge in [0.2, 0.25) is 0 Å². The minimum absolute atomic E-state index is 0.482. The monoisotopic (exact) mass is 234 g/mol. The smallest absolute Gasteiger partial charge is 0.0244 e. The van der Waals surface area contributed by atoms with E-state index >= 15 is 0 Å². The molecule has 0 bridgehead atoms. The highest BCUT2D eigenvalue weighted by Gasteiger charge is 2.19. The maximum atomic E-state index is 5.92. The number of nitrogens with zero attached hydrogens (tertiary/aromatic N) is 1. The molecule has 1 aromatic carbocycles. The Kier molecular flexibility index (Phi) is 6.23. The third-order valence-corrected chi connectivity index (χ3v) is 3.22. The summed E-state index contributed by atoms with van der Waals surface area (Å²) in [6.45, 7) is 9.61. The summed E-state index contributed by atoms with van der Waals surface area (Å²) < 4.78 is 0. The van der Waals surface area contributed by atoms with Crippen molar-refractivity contribution in [3.8, 4) is 0 Å². The quantitative estimate of drug-likeness (QED) is 0.786. The van der Waals surface area contributed by atoms with Crippen molar-refractivity contribution in [1.82, 2.24) is 4.90 Å². The van der Waals surface area contributed by atoms with E-state index in [1.165, 1.54) is 12.0 Å². The lowest BCUT2D eigenvalue weighted by Gasteiger charge is -2.33. The Morgan fingerprint density at radius 3 is 2.29 bits per heavy atom. The second kappa shape index (κ2) is 7.46. The molecule has 0 aromatic heterocycles. The van der Waals surface area contributed by atoms with Gasteiger partial charge < -0.3 is 5.73 Å². The average molecular weight is 234 g/mol. The Labute approximate surface area is 106 Å². The molecule has 0 saturated heterocycles. The standard InChI is InChI=1S/C15H26N2/c1-4-10-17(15(11-16)13(2)3)12-14-8-6-5-7-9-14/h5-9,13,15H,4,10-12,16H2,1-3H3. The zero-order chi connectivity index (χ0) is 12.7. The number of nitrogens with two attached hydrogens (primary N) is 1. The van der Waals surface area contributed by atoms with Gasteiger partial charge in [0.25, 0.3) is 0 Å². The third kappa shape index (κ3) is 4.49. The van der Waals surface area contributed by atoms with Gasteiger partial charge >= 0.3 is 0 Å². The van der Waals surface area contributed by atoms with Gasteiger partial charge in [0, 0.05) is 19.1 Å². The molecule has 0 aliphatic carbocycles. The topological polar surface area (TPSA) is 29.3 Å². The van der Waals surface area contributed by atoms with Crippen LogP contribution in [0, 0.1) is 5.92 Å². The Bertz CT molecular complexity index is 295. The zero-order valence-corrected chi connectivity index (χ0v) is 11.4. The molecule has 0 amide bonds. The van der Waals surface area contributed by atoms with Crippen LogP contribution in [0.4, 0.5) is 0 Å².